The van der Waals surface area contributed by atoms with Crippen LogP contribution in [0.5, 0.6) is 0 Å². The molecule has 1 heteroatoms. The van der Waals surface area contributed by atoms with E-state index >= 15 is 0 Å². The average molecular weight is 223 g/mol. The van der Waals surface area contributed by atoms with E-state index in [0.29, 0.717) is 5.92 Å². The summed E-state index contributed by atoms with van der Waals surface area (Å²) in [5, 5.41) is 0. The largest absolute Gasteiger partial charge is 0.323 e. The highest BCUT2D eigenvalue weighted by atomic mass is 14.7. The van der Waals surface area contributed by atoms with E-state index in [9.17, 15) is 0 Å². The summed E-state index contributed by atoms with van der Waals surface area (Å²) in [5.74, 6) is 0.464. The normalized spacial score (nSPS) is 23.1. The Bertz CT molecular complexity index is 504. The topological polar surface area (TPSA) is 26.0 Å². The van der Waals surface area contributed by atoms with Gasteiger partial charge in [0.2, 0.25) is 0 Å². The first-order valence-electron chi connectivity index (χ1n) is 6.24. The van der Waals surface area contributed by atoms with Crippen LogP contribution in [0.1, 0.15) is 35.1 Å². The van der Waals surface area contributed by atoms with Crippen molar-refractivity contribution in [1.29, 1.82) is 0 Å². The Balaban J connectivity index is 1.97. The van der Waals surface area contributed by atoms with Gasteiger partial charge in [0.15, 0.2) is 0 Å². The van der Waals surface area contributed by atoms with E-state index in [1.54, 1.807) is 0 Å². The smallest absolute Gasteiger partial charge is 0.0367 e. The van der Waals surface area contributed by atoms with Gasteiger partial charge < -0.3 is 5.73 Å². The summed E-state index contributed by atoms with van der Waals surface area (Å²) in [6.45, 7) is 0. The molecule has 0 radical (unpaired) electrons. The number of rotatable bonds is 1. The molecule has 0 amide bonds. The highest BCUT2D eigenvalue weighted by Gasteiger charge is 2.27. The van der Waals surface area contributed by atoms with E-state index in [1.807, 2.05) is 0 Å². The van der Waals surface area contributed by atoms with Gasteiger partial charge in [-0.2, -0.15) is 0 Å². The van der Waals surface area contributed by atoms with Gasteiger partial charge in [0.25, 0.3) is 0 Å². The van der Waals surface area contributed by atoms with E-state index in [4.69, 9.17) is 5.73 Å². The van der Waals surface area contributed by atoms with Gasteiger partial charge in [-0.05, 0) is 29.5 Å². The van der Waals surface area contributed by atoms with Gasteiger partial charge in [-0.3, -0.25) is 0 Å². The molecule has 0 heterocycles. The molecule has 2 aromatic carbocycles. The highest BCUT2D eigenvalue weighted by molar-refractivity contribution is 5.37. The first-order valence-corrected chi connectivity index (χ1v) is 6.24. The summed E-state index contributed by atoms with van der Waals surface area (Å²) < 4.78 is 0. The number of aryl methyl sites for hydroxylation is 1. The number of hydrogen-bond donors (Lipinski definition) is 1. The van der Waals surface area contributed by atoms with Crippen LogP contribution in [0.15, 0.2) is 54.6 Å². The Morgan fingerprint density at radius 2 is 1.59 bits per heavy atom. The SMILES string of the molecule is N[C@@H]1c2ccccc2CC[C@H]1c1ccccc1. The van der Waals surface area contributed by atoms with Gasteiger partial charge >= 0.3 is 0 Å². The molecule has 0 bridgehead atoms. The second kappa shape index (κ2) is 4.34. The van der Waals surface area contributed by atoms with Crippen LogP contribution in [0.4, 0.5) is 0 Å². The monoisotopic (exact) mass is 223 g/mol. The van der Waals surface area contributed by atoms with Gasteiger partial charge in [-0.15, -0.1) is 0 Å². The zero-order valence-electron chi connectivity index (χ0n) is 9.84. The molecular weight excluding hydrogens is 206 g/mol. The minimum Gasteiger partial charge on any atom is -0.323 e. The molecule has 0 spiro atoms. The molecule has 2 atom stereocenters. The van der Waals surface area contributed by atoms with Gasteiger partial charge in [0, 0.05) is 12.0 Å². The maximum atomic E-state index is 6.42. The summed E-state index contributed by atoms with van der Waals surface area (Å²) in [6, 6.07) is 19.4. The van der Waals surface area contributed by atoms with Crippen molar-refractivity contribution in [1.82, 2.24) is 0 Å². The lowest BCUT2D eigenvalue weighted by atomic mass is 9.77. The molecule has 0 fully saturated rings. The summed E-state index contributed by atoms with van der Waals surface area (Å²) in [6.07, 6.45) is 2.30. The van der Waals surface area contributed by atoms with E-state index < -0.39 is 0 Å². The predicted molar refractivity (Wildman–Crippen MR) is 70.9 cm³/mol. The van der Waals surface area contributed by atoms with Crippen LogP contribution in [-0.2, 0) is 6.42 Å². The second-order valence-corrected chi connectivity index (χ2v) is 4.78. The van der Waals surface area contributed by atoms with Crippen molar-refractivity contribution in [2.24, 2.45) is 5.73 Å². The van der Waals surface area contributed by atoms with Crippen molar-refractivity contribution in [3.63, 3.8) is 0 Å². The molecule has 2 aromatic rings. The Hall–Kier alpha value is -1.60. The third-order valence-electron chi connectivity index (χ3n) is 3.80. The van der Waals surface area contributed by atoms with Crippen LogP contribution in [0, 0.1) is 0 Å². The van der Waals surface area contributed by atoms with Crippen molar-refractivity contribution < 1.29 is 0 Å². The molecule has 0 saturated carbocycles. The van der Waals surface area contributed by atoms with Crippen LogP contribution >= 0.6 is 0 Å². The Morgan fingerprint density at radius 3 is 2.41 bits per heavy atom. The maximum absolute atomic E-state index is 6.42. The van der Waals surface area contributed by atoms with Crippen molar-refractivity contribution in [3.8, 4) is 0 Å². The van der Waals surface area contributed by atoms with E-state index in [0.717, 1.165) is 12.8 Å². The molecule has 1 aliphatic carbocycles. The maximum Gasteiger partial charge on any atom is 0.0367 e. The Kier molecular flexibility index (Phi) is 2.69. The lowest BCUT2D eigenvalue weighted by Gasteiger charge is -2.31. The van der Waals surface area contributed by atoms with Crippen molar-refractivity contribution in [2.75, 3.05) is 0 Å². The summed E-state index contributed by atoms with van der Waals surface area (Å²) in [7, 11) is 0. The third kappa shape index (κ3) is 1.87. The molecule has 1 nitrogen and oxygen atoms in total. The number of benzene rings is 2. The molecule has 0 aliphatic heterocycles. The van der Waals surface area contributed by atoms with Crippen LogP contribution in [0.3, 0.4) is 0 Å². The zero-order chi connectivity index (χ0) is 11.7. The van der Waals surface area contributed by atoms with Gasteiger partial charge in [0.1, 0.15) is 0 Å². The summed E-state index contributed by atoms with van der Waals surface area (Å²) >= 11 is 0. The molecule has 0 saturated heterocycles. The van der Waals surface area contributed by atoms with Crippen LogP contribution in [0.2, 0.25) is 0 Å². The van der Waals surface area contributed by atoms with Crippen LogP contribution in [0.25, 0.3) is 0 Å². The molecule has 86 valence electrons. The van der Waals surface area contributed by atoms with Gasteiger partial charge in [-0.25, -0.2) is 0 Å². The fraction of sp³-hybridized carbons (Fsp3) is 0.250. The molecule has 3 rings (SSSR count). The van der Waals surface area contributed by atoms with Gasteiger partial charge in [-0.1, -0.05) is 54.6 Å². The standard InChI is InChI=1S/C16H17N/c17-16-14-9-5-4-8-13(14)10-11-15(16)12-6-2-1-3-7-12/h1-9,15-16H,10-11,17H2/t15-,16+/m0/s1. The van der Waals surface area contributed by atoms with E-state index in [-0.39, 0.29) is 6.04 Å². The molecule has 2 N–H and O–H groups in total. The molecule has 1 aliphatic rings. The first-order chi connectivity index (χ1) is 8.36. The molecule has 0 unspecified atom stereocenters. The molecular formula is C16H17N. The highest BCUT2D eigenvalue weighted by Crippen LogP contribution is 2.38. The minimum atomic E-state index is 0.141. The Labute approximate surface area is 102 Å². The minimum absolute atomic E-state index is 0.141. The quantitative estimate of drug-likeness (QED) is 0.787. The average Bonchev–Trinajstić information content (AvgIpc) is 2.40. The third-order valence-corrected chi connectivity index (χ3v) is 3.80. The van der Waals surface area contributed by atoms with Gasteiger partial charge in [0.05, 0.1) is 0 Å². The van der Waals surface area contributed by atoms with Crippen LogP contribution < -0.4 is 5.73 Å². The fourth-order valence-corrected chi connectivity index (χ4v) is 2.87. The van der Waals surface area contributed by atoms with E-state index in [1.165, 1.54) is 16.7 Å². The van der Waals surface area contributed by atoms with E-state index in [2.05, 4.69) is 54.6 Å². The fourth-order valence-electron chi connectivity index (χ4n) is 2.87. The van der Waals surface area contributed by atoms with Crippen molar-refractivity contribution >= 4 is 0 Å². The lowest BCUT2D eigenvalue weighted by Crippen LogP contribution is -2.25. The Morgan fingerprint density at radius 1 is 0.882 bits per heavy atom. The lowest BCUT2D eigenvalue weighted by molar-refractivity contribution is 0.486. The summed E-state index contributed by atoms with van der Waals surface area (Å²) in [4.78, 5) is 0. The summed E-state index contributed by atoms with van der Waals surface area (Å²) in [5.41, 5.74) is 10.5. The van der Waals surface area contributed by atoms with Crippen molar-refractivity contribution in [3.05, 3.63) is 71.3 Å². The number of nitrogens with two attached hydrogens (primary N) is 1. The predicted octanol–water partition coefficient (Wildman–Crippen LogP) is 3.42. The molecule has 17 heavy (non-hydrogen) atoms. The number of hydrogen-bond acceptors (Lipinski definition) is 1. The van der Waals surface area contributed by atoms with Crippen molar-refractivity contribution in [2.45, 2.75) is 24.8 Å². The molecule has 0 aromatic heterocycles. The zero-order valence-corrected chi connectivity index (χ0v) is 9.84. The van der Waals surface area contributed by atoms with Crippen LogP contribution in [-0.4, -0.2) is 0 Å². The first kappa shape index (κ1) is 10.5. The second-order valence-electron chi connectivity index (χ2n) is 4.78. The number of fused-ring (bicyclic) bond motifs is 1.